The van der Waals surface area contributed by atoms with Crippen LogP contribution in [-0.4, -0.2) is 46.2 Å². The van der Waals surface area contributed by atoms with E-state index in [0.717, 1.165) is 31.5 Å². The summed E-state index contributed by atoms with van der Waals surface area (Å²) in [6.07, 6.45) is 2.59. The zero-order valence-corrected chi connectivity index (χ0v) is 19.1. The Morgan fingerprint density at radius 3 is 2.67 bits per heavy atom. The number of nitrogens with zero attached hydrogens (tertiary/aromatic N) is 3. The third kappa shape index (κ3) is 5.70. The first-order valence-corrected chi connectivity index (χ1v) is 11.2. The van der Waals surface area contributed by atoms with E-state index >= 15 is 0 Å². The molecule has 0 bridgehead atoms. The number of rotatable bonds is 8. The molecule has 3 aromatic rings. The average molecular weight is 469 g/mol. The topological polar surface area (TPSA) is 97.4 Å². The third-order valence-electron chi connectivity index (χ3n) is 5.52. The number of carbonyl (C=O) groups excluding carboxylic acids is 1. The van der Waals surface area contributed by atoms with Crippen LogP contribution in [0.1, 0.15) is 30.5 Å². The second-order valence-electron chi connectivity index (χ2n) is 7.82. The van der Waals surface area contributed by atoms with Crippen molar-refractivity contribution in [3.8, 4) is 22.9 Å². The van der Waals surface area contributed by atoms with Crippen LogP contribution in [0.25, 0.3) is 11.4 Å². The quantitative estimate of drug-likeness (QED) is 0.542. The number of likely N-dealkylation sites (tertiary alicyclic amines) is 1. The Balaban J connectivity index is 1.44. The number of nitrogens with one attached hydrogen (secondary N) is 1. The molecule has 9 heteroatoms. The van der Waals surface area contributed by atoms with Crippen molar-refractivity contribution in [2.45, 2.75) is 32.3 Å². The summed E-state index contributed by atoms with van der Waals surface area (Å²) in [5.41, 5.74) is 1.46. The van der Waals surface area contributed by atoms with Crippen LogP contribution in [0.15, 0.2) is 47.3 Å². The lowest BCUT2D eigenvalue weighted by Crippen LogP contribution is -2.28. The predicted octanol–water partition coefficient (Wildman–Crippen LogP) is 3.63. The Bertz CT molecular complexity index is 1190. The zero-order chi connectivity index (χ0) is 23.2. The average Bonchev–Trinajstić information content (AvgIpc) is 3.37. The lowest BCUT2D eigenvalue weighted by molar-refractivity contribution is -0.130. The molecule has 1 aliphatic rings. The first-order valence-electron chi connectivity index (χ1n) is 10.8. The van der Waals surface area contributed by atoms with Crippen LogP contribution >= 0.6 is 11.6 Å². The van der Waals surface area contributed by atoms with E-state index in [1.165, 1.54) is 0 Å². The lowest BCUT2D eigenvalue weighted by Gasteiger charge is -2.14. The van der Waals surface area contributed by atoms with Gasteiger partial charge in [0.15, 0.2) is 17.3 Å². The van der Waals surface area contributed by atoms with Gasteiger partial charge >= 0.3 is 0 Å². The molecule has 172 valence electrons. The molecular formula is C24H25ClN4O4. The van der Waals surface area contributed by atoms with Gasteiger partial charge in [0, 0.05) is 36.5 Å². The van der Waals surface area contributed by atoms with Crippen LogP contribution in [0, 0.1) is 0 Å². The maximum Gasteiger partial charge on any atom is 0.273 e. The van der Waals surface area contributed by atoms with Gasteiger partial charge in [-0.1, -0.05) is 23.7 Å². The van der Waals surface area contributed by atoms with E-state index < -0.39 is 0 Å². The normalized spacial score (nSPS) is 13.2. The van der Waals surface area contributed by atoms with Crippen LogP contribution in [0.5, 0.6) is 11.5 Å². The fourth-order valence-electron chi connectivity index (χ4n) is 3.73. The SMILES string of the molecule is COc1cc(-c2nnc(CCC(=O)N3CCCC3)c(=O)[nH]2)ccc1OCc1cccc(Cl)c1. The second-order valence-corrected chi connectivity index (χ2v) is 8.26. The molecule has 1 saturated heterocycles. The van der Waals surface area contributed by atoms with E-state index in [1.54, 1.807) is 31.4 Å². The standard InChI is InChI=1S/C24H25ClN4O4/c1-32-21-14-17(7-9-20(21)33-15-16-5-4-6-18(25)13-16)23-26-24(31)19(27-28-23)8-10-22(30)29-11-2-3-12-29/h4-7,9,13-14H,2-3,8,10-12,15H2,1H3,(H,26,28,31). The van der Waals surface area contributed by atoms with Gasteiger partial charge in [-0.05, 0) is 48.7 Å². The van der Waals surface area contributed by atoms with Crippen LogP contribution in [0.4, 0.5) is 0 Å². The van der Waals surface area contributed by atoms with Crippen molar-refractivity contribution in [1.82, 2.24) is 20.1 Å². The minimum absolute atomic E-state index is 0.0517. The number of hydrogen-bond acceptors (Lipinski definition) is 6. The number of H-pyrrole nitrogens is 1. The molecule has 0 radical (unpaired) electrons. The van der Waals surface area contributed by atoms with Crippen molar-refractivity contribution in [1.29, 1.82) is 0 Å². The summed E-state index contributed by atoms with van der Waals surface area (Å²) in [4.78, 5) is 29.3. The van der Waals surface area contributed by atoms with Crippen LogP contribution in [0.3, 0.4) is 0 Å². The molecule has 4 rings (SSSR count). The van der Waals surface area contributed by atoms with Gasteiger partial charge in [0.1, 0.15) is 12.3 Å². The van der Waals surface area contributed by atoms with Gasteiger partial charge in [0.2, 0.25) is 5.91 Å². The molecular weight excluding hydrogens is 444 g/mol. The summed E-state index contributed by atoms with van der Waals surface area (Å²) >= 11 is 6.02. The number of carbonyl (C=O) groups is 1. The first-order chi connectivity index (χ1) is 16.0. The number of halogens is 1. The number of aromatic amines is 1. The first kappa shape index (κ1) is 22.8. The third-order valence-corrected chi connectivity index (χ3v) is 5.75. The molecule has 1 aromatic heterocycles. The van der Waals surface area contributed by atoms with Crippen LogP contribution in [0.2, 0.25) is 5.02 Å². The van der Waals surface area contributed by atoms with Gasteiger partial charge in [0.25, 0.3) is 5.56 Å². The summed E-state index contributed by atoms with van der Waals surface area (Å²) in [5, 5.41) is 8.86. The summed E-state index contributed by atoms with van der Waals surface area (Å²) in [7, 11) is 1.54. The van der Waals surface area contributed by atoms with Crippen molar-refractivity contribution in [3.05, 3.63) is 69.1 Å². The number of methoxy groups -OCH3 is 1. The lowest BCUT2D eigenvalue weighted by atomic mass is 10.2. The largest absolute Gasteiger partial charge is 0.493 e. The Morgan fingerprint density at radius 2 is 1.94 bits per heavy atom. The molecule has 1 aliphatic heterocycles. The summed E-state index contributed by atoms with van der Waals surface area (Å²) < 4.78 is 11.3. The minimum Gasteiger partial charge on any atom is -0.493 e. The van der Waals surface area contributed by atoms with Crippen LogP contribution < -0.4 is 15.0 Å². The van der Waals surface area contributed by atoms with Gasteiger partial charge in [-0.25, -0.2) is 0 Å². The Labute approximate surface area is 196 Å². The highest BCUT2D eigenvalue weighted by Gasteiger charge is 2.18. The summed E-state index contributed by atoms with van der Waals surface area (Å²) in [6, 6.07) is 12.7. The Hall–Kier alpha value is -3.39. The van der Waals surface area contributed by atoms with Crippen molar-refractivity contribution >= 4 is 17.5 Å². The molecule has 8 nitrogen and oxygen atoms in total. The van der Waals surface area contributed by atoms with E-state index in [-0.39, 0.29) is 30.0 Å². The molecule has 0 aliphatic carbocycles. The number of aromatic nitrogens is 3. The van der Waals surface area contributed by atoms with Gasteiger partial charge in [-0.15, -0.1) is 10.2 Å². The van der Waals surface area contributed by atoms with E-state index in [9.17, 15) is 9.59 Å². The van der Waals surface area contributed by atoms with Gasteiger partial charge in [0.05, 0.1) is 7.11 Å². The molecule has 1 amide bonds. The smallest absolute Gasteiger partial charge is 0.273 e. The number of amides is 1. The van der Waals surface area contributed by atoms with E-state index in [1.807, 2.05) is 23.1 Å². The summed E-state index contributed by atoms with van der Waals surface area (Å²) in [6.45, 7) is 1.92. The number of ether oxygens (including phenoxy) is 2. The fraction of sp³-hybridized carbons (Fsp3) is 0.333. The number of aryl methyl sites for hydroxylation is 1. The molecule has 0 unspecified atom stereocenters. The molecule has 33 heavy (non-hydrogen) atoms. The molecule has 2 heterocycles. The maximum atomic E-state index is 12.5. The second kappa shape index (κ2) is 10.5. The van der Waals surface area contributed by atoms with Gasteiger partial charge in [-0.2, -0.15) is 0 Å². The van der Waals surface area contributed by atoms with Crippen LogP contribution in [-0.2, 0) is 17.8 Å². The van der Waals surface area contributed by atoms with E-state index in [4.69, 9.17) is 21.1 Å². The highest BCUT2D eigenvalue weighted by atomic mass is 35.5. The highest BCUT2D eigenvalue weighted by molar-refractivity contribution is 6.30. The predicted molar refractivity (Wildman–Crippen MR) is 125 cm³/mol. The van der Waals surface area contributed by atoms with Crippen molar-refractivity contribution in [2.75, 3.05) is 20.2 Å². The van der Waals surface area contributed by atoms with Crippen molar-refractivity contribution < 1.29 is 14.3 Å². The zero-order valence-electron chi connectivity index (χ0n) is 18.3. The Kier molecular flexibility index (Phi) is 7.24. The van der Waals surface area contributed by atoms with E-state index in [2.05, 4.69) is 15.2 Å². The summed E-state index contributed by atoms with van der Waals surface area (Å²) in [5.74, 6) is 1.41. The van der Waals surface area contributed by atoms with Crippen molar-refractivity contribution in [2.24, 2.45) is 0 Å². The minimum atomic E-state index is -0.352. The number of hydrogen-bond donors (Lipinski definition) is 1. The van der Waals surface area contributed by atoms with Crippen molar-refractivity contribution in [3.63, 3.8) is 0 Å². The molecule has 0 saturated carbocycles. The maximum absolute atomic E-state index is 12.5. The van der Waals surface area contributed by atoms with E-state index in [0.29, 0.717) is 34.5 Å². The molecule has 1 N–H and O–H groups in total. The van der Waals surface area contributed by atoms with Gasteiger partial charge in [-0.3, -0.25) is 9.59 Å². The molecule has 0 atom stereocenters. The molecule has 0 spiro atoms. The molecule has 2 aromatic carbocycles. The molecule has 1 fully saturated rings. The monoisotopic (exact) mass is 468 g/mol. The Morgan fingerprint density at radius 1 is 1.12 bits per heavy atom. The fourth-order valence-corrected chi connectivity index (χ4v) is 3.94. The number of benzene rings is 2. The highest BCUT2D eigenvalue weighted by Crippen LogP contribution is 2.31. The van der Waals surface area contributed by atoms with Gasteiger partial charge < -0.3 is 19.4 Å².